The highest BCUT2D eigenvalue weighted by Gasteiger charge is 2.17. The summed E-state index contributed by atoms with van der Waals surface area (Å²) in [6.07, 6.45) is 1.65. The molecule has 0 bridgehead atoms. The van der Waals surface area contributed by atoms with E-state index >= 15 is 0 Å². The maximum Gasteiger partial charge on any atom is 0.289 e. The number of nitrogens with one attached hydrogen (secondary N) is 2. The minimum atomic E-state index is -0.695. The summed E-state index contributed by atoms with van der Waals surface area (Å²) in [4.78, 5) is 38.0. The fourth-order valence-electron chi connectivity index (χ4n) is 2.83. The summed E-state index contributed by atoms with van der Waals surface area (Å²) in [6.45, 7) is 0. The van der Waals surface area contributed by atoms with E-state index in [9.17, 15) is 9.59 Å². The molecule has 0 aliphatic carbocycles. The van der Waals surface area contributed by atoms with E-state index in [4.69, 9.17) is 23.2 Å². The molecular weight excluding hydrogens is 425 g/mol. The number of aromatic nitrogens is 3. The Morgan fingerprint density at radius 2 is 1.57 bits per heavy atom. The summed E-state index contributed by atoms with van der Waals surface area (Å²) in [5.41, 5.74) is 6.70. The Morgan fingerprint density at radius 3 is 2.37 bits per heavy atom. The van der Waals surface area contributed by atoms with E-state index in [1.807, 2.05) is 12.1 Å². The van der Waals surface area contributed by atoms with E-state index in [-0.39, 0.29) is 15.9 Å². The van der Waals surface area contributed by atoms with Crippen LogP contribution in [0.2, 0.25) is 10.2 Å². The third kappa shape index (κ3) is 4.07. The van der Waals surface area contributed by atoms with Crippen LogP contribution in [-0.2, 0) is 0 Å². The number of pyridine rings is 3. The monoisotopic (exact) mass is 437 g/mol. The summed E-state index contributed by atoms with van der Waals surface area (Å²) in [7, 11) is 0. The fraction of sp³-hybridized carbons (Fsp3) is 0. The van der Waals surface area contributed by atoms with E-state index in [1.165, 1.54) is 12.1 Å². The third-order valence-corrected chi connectivity index (χ3v) is 4.72. The molecule has 2 amide bonds. The molecule has 1 aromatic carbocycles. The van der Waals surface area contributed by atoms with Gasteiger partial charge in [-0.2, -0.15) is 0 Å². The van der Waals surface area contributed by atoms with Crippen molar-refractivity contribution in [3.63, 3.8) is 0 Å². The summed E-state index contributed by atoms with van der Waals surface area (Å²) in [5.74, 6) is -1.23. The van der Waals surface area contributed by atoms with Crippen LogP contribution in [0.15, 0.2) is 66.9 Å². The van der Waals surface area contributed by atoms with Crippen molar-refractivity contribution in [3.05, 3.63) is 88.3 Å². The summed E-state index contributed by atoms with van der Waals surface area (Å²) >= 11 is 11.8. The molecule has 0 unspecified atom stereocenters. The molecule has 30 heavy (non-hydrogen) atoms. The number of benzene rings is 1. The first kappa shape index (κ1) is 19.8. The normalized spacial score (nSPS) is 10.6. The lowest BCUT2D eigenvalue weighted by molar-refractivity contribution is 0.0845. The lowest BCUT2D eigenvalue weighted by atomic mass is 10.1. The average Bonchev–Trinajstić information content (AvgIpc) is 2.78. The molecular formula is C21H13Cl2N5O2. The summed E-state index contributed by atoms with van der Waals surface area (Å²) in [6, 6.07) is 17.2. The van der Waals surface area contributed by atoms with Gasteiger partial charge in [-0.3, -0.25) is 25.4 Å². The molecule has 0 aliphatic rings. The molecule has 3 heterocycles. The molecule has 0 saturated heterocycles. The number of halogens is 2. The van der Waals surface area contributed by atoms with Gasteiger partial charge >= 0.3 is 0 Å². The van der Waals surface area contributed by atoms with Crippen molar-refractivity contribution in [2.75, 3.05) is 0 Å². The second kappa shape index (κ2) is 8.44. The van der Waals surface area contributed by atoms with Gasteiger partial charge < -0.3 is 0 Å². The molecule has 0 radical (unpaired) electrons. The zero-order valence-corrected chi connectivity index (χ0v) is 16.8. The van der Waals surface area contributed by atoms with Gasteiger partial charge in [-0.05, 0) is 36.4 Å². The minimum Gasteiger partial charge on any atom is -0.267 e. The van der Waals surface area contributed by atoms with Gasteiger partial charge in [0.05, 0.1) is 27.5 Å². The van der Waals surface area contributed by atoms with E-state index in [0.29, 0.717) is 27.9 Å². The van der Waals surface area contributed by atoms with E-state index in [1.54, 1.807) is 42.6 Å². The average molecular weight is 438 g/mol. The lowest BCUT2D eigenvalue weighted by Crippen LogP contribution is -2.42. The van der Waals surface area contributed by atoms with Gasteiger partial charge in [0, 0.05) is 11.6 Å². The molecule has 148 valence electrons. The third-order valence-electron chi connectivity index (χ3n) is 4.20. The van der Waals surface area contributed by atoms with E-state index in [0.717, 1.165) is 0 Å². The number of hydrazine groups is 1. The quantitative estimate of drug-likeness (QED) is 0.371. The van der Waals surface area contributed by atoms with Crippen LogP contribution in [0, 0.1) is 0 Å². The van der Waals surface area contributed by atoms with Crippen LogP contribution in [0.25, 0.3) is 22.3 Å². The largest absolute Gasteiger partial charge is 0.289 e. The zero-order valence-electron chi connectivity index (χ0n) is 15.3. The van der Waals surface area contributed by atoms with Crippen molar-refractivity contribution in [2.24, 2.45) is 0 Å². The molecule has 7 nitrogen and oxygen atoms in total. The predicted molar refractivity (Wildman–Crippen MR) is 114 cm³/mol. The van der Waals surface area contributed by atoms with Gasteiger partial charge in [0.15, 0.2) is 0 Å². The Bertz CT molecular complexity index is 1260. The predicted octanol–water partition coefficient (Wildman–Crippen LogP) is 4.07. The molecule has 0 fully saturated rings. The number of carbonyl (C=O) groups excluding carboxylic acids is 2. The van der Waals surface area contributed by atoms with Crippen LogP contribution in [0.4, 0.5) is 0 Å². The first-order valence-electron chi connectivity index (χ1n) is 8.77. The van der Waals surface area contributed by atoms with Crippen molar-refractivity contribution in [3.8, 4) is 11.4 Å². The molecule has 0 atom stereocenters. The molecule has 4 rings (SSSR count). The second-order valence-corrected chi connectivity index (χ2v) is 6.95. The minimum absolute atomic E-state index is 0.0989. The Balaban J connectivity index is 1.64. The number of nitrogens with zero attached hydrogens (tertiary/aromatic N) is 3. The van der Waals surface area contributed by atoms with Gasteiger partial charge in [0.25, 0.3) is 11.8 Å². The van der Waals surface area contributed by atoms with E-state index < -0.39 is 11.8 Å². The maximum atomic E-state index is 12.9. The number of hydrogen-bond acceptors (Lipinski definition) is 5. The molecule has 0 saturated carbocycles. The van der Waals surface area contributed by atoms with Crippen molar-refractivity contribution in [1.82, 2.24) is 25.8 Å². The highest BCUT2D eigenvalue weighted by molar-refractivity contribution is 6.34. The van der Waals surface area contributed by atoms with Gasteiger partial charge in [0.2, 0.25) is 0 Å². The van der Waals surface area contributed by atoms with Crippen LogP contribution in [0.5, 0.6) is 0 Å². The summed E-state index contributed by atoms with van der Waals surface area (Å²) in [5, 5.41) is 0.844. The van der Waals surface area contributed by atoms with Crippen LogP contribution >= 0.6 is 23.2 Å². The molecule has 9 heteroatoms. The Labute approximate surface area is 181 Å². The van der Waals surface area contributed by atoms with E-state index in [2.05, 4.69) is 25.8 Å². The van der Waals surface area contributed by atoms with Crippen molar-refractivity contribution >= 4 is 45.9 Å². The zero-order chi connectivity index (χ0) is 21.1. The Kier molecular flexibility index (Phi) is 5.56. The molecule has 0 spiro atoms. The fourth-order valence-corrected chi connectivity index (χ4v) is 3.16. The van der Waals surface area contributed by atoms with Crippen molar-refractivity contribution in [2.45, 2.75) is 0 Å². The standard InChI is InChI=1S/C21H13Cl2N5O2/c22-14-8-9-18(23)26-19(14)21(30)28-27-20(29)13-11-17(16-7-3-4-10-24-16)25-15-6-2-1-5-12(13)15/h1-11H,(H,27,29)(H,28,30). The van der Waals surface area contributed by atoms with Crippen LogP contribution in [-0.4, -0.2) is 26.8 Å². The lowest BCUT2D eigenvalue weighted by Gasteiger charge is -2.11. The van der Waals surface area contributed by atoms with Gasteiger partial charge in [-0.25, -0.2) is 9.97 Å². The van der Waals surface area contributed by atoms with Crippen molar-refractivity contribution < 1.29 is 9.59 Å². The summed E-state index contributed by atoms with van der Waals surface area (Å²) < 4.78 is 0. The topological polar surface area (TPSA) is 96.9 Å². The molecule has 2 N–H and O–H groups in total. The first-order valence-corrected chi connectivity index (χ1v) is 9.52. The number of hydrogen-bond donors (Lipinski definition) is 2. The van der Waals surface area contributed by atoms with Crippen LogP contribution in [0.3, 0.4) is 0 Å². The Morgan fingerprint density at radius 1 is 0.800 bits per heavy atom. The number of rotatable bonds is 3. The van der Waals surface area contributed by atoms with Gasteiger partial charge in [-0.15, -0.1) is 0 Å². The van der Waals surface area contributed by atoms with Crippen molar-refractivity contribution in [1.29, 1.82) is 0 Å². The first-order chi connectivity index (χ1) is 14.5. The molecule has 4 aromatic rings. The molecule has 0 aliphatic heterocycles. The SMILES string of the molecule is O=C(NNC(=O)c1cc(-c2ccccn2)nc2ccccc12)c1nc(Cl)ccc1Cl. The van der Waals surface area contributed by atoms with Gasteiger partial charge in [0.1, 0.15) is 10.8 Å². The number of carbonyl (C=O) groups is 2. The maximum absolute atomic E-state index is 12.9. The Hall–Kier alpha value is -3.55. The molecule has 3 aromatic heterocycles. The smallest absolute Gasteiger partial charge is 0.267 e. The highest BCUT2D eigenvalue weighted by atomic mass is 35.5. The second-order valence-electron chi connectivity index (χ2n) is 6.16. The number of fused-ring (bicyclic) bond motifs is 1. The van der Waals surface area contributed by atoms with Gasteiger partial charge in [-0.1, -0.05) is 47.5 Å². The van der Waals surface area contributed by atoms with Crippen LogP contribution < -0.4 is 10.9 Å². The number of amides is 2. The van der Waals surface area contributed by atoms with Crippen LogP contribution in [0.1, 0.15) is 20.8 Å². The highest BCUT2D eigenvalue weighted by Crippen LogP contribution is 2.23. The number of para-hydroxylation sites is 1.